The molecule has 0 aliphatic rings. The smallest absolute Gasteiger partial charge is 0.141 e. The maximum absolute atomic E-state index is 12.9. The fourth-order valence-corrected chi connectivity index (χ4v) is 1.82. The second-order valence-electron chi connectivity index (χ2n) is 4.04. The van der Waals surface area contributed by atoms with E-state index >= 15 is 0 Å². The molecular formula is C14H14FN3S. The van der Waals surface area contributed by atoms with Gasteiger partial charge in [-0.1, -0.05) is 30.4 Å². The Labute approximate surface area is 116 Å². The van der Waals surface area contributed by atoms with Gasteiger partial charge >= 0.3 is 0 Å². The topological polar surface area (TPSA) is 42.1 Å². The van der Waals surface area contributed by atoms with Gasteiger partial charge in [-0.15, -0.1) is 0 Å². The molecule has 0 atom stereocenters. The van der Waals surface area contributed by atoms with E-state index in [4.69, 9.17) is 18.0 Å². The Balaban J connectivity index is 2.28. The Morgan fingerprint density at radius 1 is 1.21 bits per heavy atom. The van der Waals surface area contributed by atoms with E-state index < -0.39 is 0 Å². The van der Waals surface area contributed by atoms with E-state index in [1.165, 1.54) is 12.3 Å². The number of aromatic nitrogens is 1. The molecule has 1 aromatic carbocycles. The minimum absolute atomic E-state index is 0.355. The van der Waals surface area contributed by atoms with Crippen molar-refractivity contribution >= 4 is 28.7 Å². The van der Waals surface area contributed by atoms with Crippen molar-refractivity contribution in [3.05, 3.63) is 54.5 Å². The standard InChI is InChI=1S/C14H14FN3S/c15-11-6-7-14(17-10-11)18(9-8-13(16)19)12-4-2-1-3-5-12/h1-7,10H,8-9H2,(H2,16,19). The lowest BCUT2D eigenvalue weighted by Crippen LogP contribution is -2.23. The Hall–Kier alpha value is -2.01. The highest BCUT2D eigenvalue weighted by Gasteiger charge is 2.10. The molecule has 0 spiro atoms. The van der Waals surface area contributed by atoms with E-state index in [1.54, 1.807) is 6.07 Å². The van der Waals surface area contributed by atoms with Gasteiger partial charge in [0.05, 0.1) is 11.2 Å². The number of hydrogen-bond acceptors (Lipinski definition) is 3. The van der Waals surface area contributed by atoms with E-state index in [-0.39, 0.29) is 5.82 Å². The van der Waals surface area contributed by atoms with E-state index in [0.29, 0.717) is 23.8 Å². The van der Waals surface area contributed by atoms with Gasteiger partial charge in [-0.05, 0) is 24.3 Å². The lowest BCUT2D eigenvalue weighted by molar-refractivity contribution is 0.621. The van der Waals surface area contributed by atoms with Gasteiger partial charge in [0.15, 0.2) is 0 Å². The Kier molecular flexibility index (Phi) is 4.41. The zero-order valence-corrected chi connectivity index (χ0v) is 11.1. The largest absolute Gasteiger partial charge is 0.393 e. The van der Waals surface area contributed by atoms with Crippen LogP contribution >= 0.6 is 12.2 Å². The number of rotatable bonds is 5. The second kappa shape index (κ2) is 6.24. The molecule has 0 fully saturated rings. The molecular weight excluding hydrogens is 261 g/mol. The van der Waals surface area contributed by atoms with Crippen LogP contribution in [0, 0.1) is 5.82 Å². The molecule has 0 aliphatic carbocycles. The van der Waals surface area contributed by atoms with Gasteiger partial charge in [0, 0.05) is 18.7 Å². The van der Waals surface area contributed by atoms with E-state index in [0.717, 1.165) is 5.69 Å². The molecule has 2 aromatic rings. The van der Waals surface area contributed by atoms with Crippen molar-refractivity contribution < 1.29 is 4.39 Å². The number of halogens is 1. The maximum Gasteiger partial charge on any atom is 0.141 e. The summed E-state index contributed by atoms with van der Waals surface area (Å²) in [6, 6.07) is 12.8. The van der Waals surface area contributed by atoms with Crippen LogP contribution in [0.15, 0.2) is 48.7 Å². The number of benzene rings is 1. The zero-order valence-electron chi connectivity index (χ0n) is 10.3. The fourth-order valence-electron chi connectivity index (χ4n) is 1.73. The molecule has 3 nitrogen and oxygen atoms in total. The van der Waals surface area contributed by atoms with Crippen molar-refractivity contribution in [3.63, 3.8) is 0 Å². The number of anilines is 2. The molecule has 98 valence electrons. The first kappa shape index (κ1) is 13.4. The number of pyridine rings is 1. The van der Waals surface area contributed by atoms with Crippen LogP contribution in [0.2, 0.25) is 0 Å². The lowest BCUT2D eigenvalue weighted by atomic mass is 10.2. The van der Waals surface area contributed by atoms with Crippen LogP contribution < -0.4 is 10.6 Å². The number of nitrogens with two attached hydrogens (primary N) is 1. The van der Waals surface area contributed by atoms with Gasteiger partial charge < -0.3 is 10.6 Å². The Morgan fingerprint density at radius 2 is 1.95 bits per heavy atom. The summed E-state index contributed by atoms with van der Waals surface area (Å²) in [4.78, 5) is 6.50. The van der Waals surface area contributed by atoms with Crippen LogP contribution in [0.3, 0.4) is 0 Å². The highest BCUT2D eigenvalue weighted by atomic mass is 32.1. The van der Waals surface area contributed by atoms with Crippen LogP contribution in [-0.2, 0) is 0 Å². The zero-order chi connectivity index (χ0) is 13.7. The summed E-state index contributed by atoms with van der Waals surface area (Å²) >= 11 is 4.91. The maximum atomic E-state index is 12.9. The van der Waals surface area contributed by atoms with E-state index in [9.17, 15) is 4.39 Å². The molecule has 2 N–H and O–H groups in total. The molecule has 0 saturated heterocycles. The summed E-state index contributed by atoms with van der Waals surface area (Å²) < 4.78 is 12.9. The molecule has 0 aliphatic heterocycles. The van der Waals surface area contributed by atoms with Crippen molar-refractivity contribution in [2.75, 3.05) is 11.4 Å². The van der Waals surface area contributed by atoms with Gasteiger partial charge in [0.25, 0.3) is 0 Å². The Morgan fingerprint density at radius 3 is 2.53 bits per heavy atom. The van der Waals surface area contributed by atoms with Crippen molar-refractivity contribution in [2.24, 2.45) is 5.73 Å². The normalized spacial score (nSPS) is 10.2. The Bertz CT molecular complexity index is 542. The summed E-state index contributed by atoms with van der Waals surface area (Å²) in [7, 11) is 0. The average molecular weight is 275 g/mol. The number of nitrogens with zero attached hydrogens (tertiary/aromatic N) is 2. The van der Waals surface area contributed by atoms with Gasteiger partial charge in [-0.2, -0.15) is 0 Å². The first-order valence-electron chi connectivity index (χ1n) is 5.89. The van der Waals surface area contributed by atoms with Gasteiger partial charge in [-0.25, -0.2) is 9.37 Å². The molecule has 0 amide bonds. The van der Waals surface area contributed by atoms with Gasteiger partial charge in [0.2, 0.25) is 0 Å². The minimum Gasteiger partial charge on any atom is -0.393 e. The van der Waals surface area contributed by atoms with Crippen molar-refractivity contribution in [3.8, 4) is 0 Å². The molecule has 1 aromatic heterocycles. The quantitative estimate of drug-likeness (QED) is 0.852. The predicted molar refractivity (Wildman–Crippen MR) is 79.0 cm³/mol. The third-order valence-electron chi connectivity index (χ3n) is 2.64. The number of hydrogen-bond donors (Lipinski definition) is 1. The molecule has 0 radical (unpaired) electrons. The third-order valence-corrected chi connectivity index (χ3v) is 2.84. The van der Waals surface area contributed by atoms with Crippen LogP contribution in [0.1, 0.15) is 6.42 Å². The summed E-state index contributed by atoms with van der Waals surface area (Å²) in [5.41, 5.74) is 6.52. The van der Waals surface area contributed by atoms with E-state index in [2.05, 4.69) is 4.98 Å². The molecule has 5 heteroatoms. The monoisotopic (exact) mass is 275 g/mol. The summed E-state index contributed by atoms with van der Waals surface area (Å²) in [6.45, 7) is 0.609. The van der Waals surface area contributed by atoms with Crippen LogP contribution in [0.4, 0.5) is 15.9 Å². The fraction of sp³-hybridized carbons (Fsp3) is 0.143. The van der Waals surface area contributed by atoms with Crippen LogP contribution in [0.5, 0.6) is 0 Å². The van der Waals surface area contributed by atoms with Crippen LogP contribution in [0.25, 0.3) is 0 Å². The number of para-hydroxylation sites is 1. The minimum atomic E-state index is -0.355. The first-order valence-corrected chi connectivity index (χ1v) is 6.30. The summed E-state index contributed by atoms with van der Waals surface area (Å²) in [6.07, 6.45) is 1.77. The molecule has 0 bridgehead atoms. The lowest BCUT2D eigenvalue weighted by Gasteiger charge is -2.23. The molecule has 19 heavy (non-hydrogen) atoms. The van der Waals surface area contributed by atoms with Crippen LogP contribution in [-0.4, -0.2) is 16.5 Å². The van der Waals surface area contributed by atoms with Gasteiger partial charge in [-0.3, -0.25) is 0 Å². The van der Waals surface area contributed by atoms with Crippen molar-refractivity contribution in [2.45, 2.75) is 6.42 Å². The van der Waals surface area contributed by atoms with E-state index in [1.807, 2.05) is 35.2 Å². The first-order chi connectivity index (χ1) is 9.16. The highest BCUT2D eigenvalue weighted by molar-refractivity contribution is 7.80. The van der Waals surface area contributed by atoms with Crippen molar-refractivity contribution in [1.29, 1.82) is 0 Å². The predicted octanol–water partition coefficient (Wildman–Crippen LogP) is 3.04. The average Bonchev–Trinajstić information content (AvgIpc) is 2.42. The molecule has 0 unspecified atom stereocenters. The van der Waals surface area contributed by atoms with Gasteiger partial charge in [0.1, 0.15) is 11.6 Å². The van der Waals surface area contributed by atoms with Crippen molar-refractivity contribution in [1.82, 2.24) is 4.98 Å². The number of thiocarbonyl (C=S) groups is 1. The molecule has 2 rings (SSSR count). The third kappa shape index (κ3) is 3.72. The molecule has 1 heterocycles. The molecule has 0 saturated carbocycles. The SMILES string of the molecule is NC(=S)CCN(c1ccccc1)c1ccc(F)cn1. The summed E-state index contributed by atoms with van der Waals surface area (Å²) in [5.74, 6) is 0.315. The second-order valence-corrected chi connectivity index (χ2v) is 4.56. The highest BCUT2D eigenvalue weighted by Crippen LogP contribution is 2.23. The summed E-state index contributed by atoms with van der Waals surface area (Å²) in [5, 5.41) is 0.